The number of aryl methyl sites for hydroxylation is 1. The summed E-state index contributed by atoms with van der Waals surface area (Å²) in [7, 11) is 0. The van der Waals surface area contributed by atoms with Crippen molar-refractivity contribution in [3.63, 3.8) is 0 Å². The van der Waals surface area contributed by atoms with Crippen molar-refractivity contribution in [3.05, 3.63) is 17.8 Å². The molecule has 1 aromatic heterocycles. The molecule has 1 aromatic rings. The first-order chi connectivity index (χ1) is 7.09. The van der Waals surface area contributed by atoms with Crippen molar-refractivity contribution in [2.45, 2.75) is 45.1 Å². The summed E-state index contributed by atoms with van der Waals surface area (Å²) in [4.78, 5) is 4.35. The highest BCUT2D eigenvalue weighted by Gasteiger charge is 2.29. The zero-order chi connectivity index (χ0) is 10.9. The summed E-state index contributed by atoms with van der Waals surface area (Å²) in [5.74, 6) is 0.838. The minimum absolute atomic E-state index is 0.191. The number of nitrogens with two attached hydrogens (primary N) is 1. The molecular formula is C12H19N3. The number of hydrogen-bond donors (Lipinski definition) is 2. The van der Waals surface area contributed by atoms with E-state index in [1.165, 1.54) is 25.7 Å². The number of hydrogen-bond acceptors (Lipinski definition) is 3. The molecule has 0 radical (unpaired) electrons. The van der Waals surface area contributed by atoms with Gasteiger partial charge in [-0.3, -0.25) is 0 Å². The topological polar surface area (TPSA) is 50.9 Å². The Kier molecular flexibility index (Phi) is 2.55. The fourth-order valence-electron chi connectivity index (χ4n) is 2.26. The van der Waals surface area contributed by atoms with E-state index in [1.54, 1.807) is 0 Å². The van der Waals surface area contributed by atoms with Gasteiger partial charge >= 0.3 is 0 Å². The van der Waals surface area contributed by atoms with Crippen LogP contribution in [0, 0.1) is 6.92 Å². The molecule has 1 saturated carbocycles. The Morgan fingerprint density at radius 2 is 2.07 bits per heavy atom. The van der Waals surface area contributed by atoms with Gasteiger partial charge in [-0.05, 0) is 38.3 Å². The van der Waals surface area contributed by atoms with Crippen LogP contribution in [0.5, 0.6) is 0 Å². The summed E-state index contributed by atoms with van der Waals surface area (Å²) in [6.45, 7) is 4.26. The average Bonchev–Trinajstić information content (AvgIpc) is 2.58. The fraction of sp³-hybridized carbons (Fsp3) is 0.583. The smallest absolute Gasteiger partial charge is 0.149 e. The van der Waals surface area contributed by atoms with Crippen LogP contribution in [0.4, 0.5) is 11.5 Å². The minimum Gasteiger partial charge on any atom is -0.396 e. The Bertz CT molecular complexity index is 354. The van der Waals surface area contributed by atoms with Crippen molar-refractivity contribution in [3.8, 4) is 0 Å². The van der Waals surface area contributed by atoms with E-state index in [-0.39, 0.29) is 5.54 Å². The standard InChI is InChI=1S/C12H19N3/c1-9-7-10(13)11(14-8-9)15-12(2)5-3-4-6-12/h7-8H,3-6,13H2,1-2H3,(H,14,15). The number of rotatable bonds is 2. The van der Waals surface area contributed by atoms with Crippen LogP contribution in [0.1, 0.15) is 38.2 Å². The molecule has 0 spiro atoms. The number of nitrogens with zero attached hydrogens (tertiary/aromatic N) is 1. The predicted octanol–water partition coefficient (Wildman–Crippen LogP) is 2.72. The fourth-order valence-corrected chi connectivity index (χ4v) is 2.26. The highest BCUT2D eigenvalue weighted by molar-refractivity contribution is 5.62. The Morgan fingerprint density at radius 1 is 1.40 bits per heavy atom. The SMILES string of the molecule is Cc1cnc(NC2(C)CCCC2)c(N)c1. The summed E-state index contributed by atoms with van der Waals surface area (Å²) in [5, 5.41) is 3.48. The van der Waals surface area contributed by atoms with Gasteiger partial charge in [0.1, 0.15) is 5.82 Å². The second-order valence-electron chi connectivity index (χ2n) is 4.84. The number of aromatic nitrogens is 1. The molecule has 3 nitrogen and oxygen atoms in total. The quantitative estimate of drug-likeness (QED) is 0.780. The van der Waals surface area contributed by atoms with Crippen LogP contribution < -0.4 is 11.1 Å². The van der Waals surface area contributed by atoms with Crippen LogP contribution in [-0.4, -0.2) is 10.5 Å². The second-order valence-corrected chi connectivity index (χ2v) is 4.84. The molecular weight excluding hydrogens is 186 g/mol. The Balaban J connectivity index is 2.16. The summed E-state index contributed by atoms with van der Waals surface area (Å²) in [5.41, 5.74) is 7.98. The predicted molar refractivity (Wildman–Crippen MR) is 63.9 cm³/mol. The third-order valence-corrected chi connectivity index (χ3v) is 3.18. The summed E-state index contributed by atoms with van der Waals surface area (Å²) < 4.78 is 0. The van der Waals surface area contributed by atoms with Crippen LogP contribution in [0.15, 0.2) is 12.3 Å². The molecule has 82 valence electrons. The molecule has 15 heavy (non-hydrogen) atoms. The summed E-state index contributed by atoms with van der Waals surface area (Å²) in [6.07, 6.45) is 6.88. The molecule has 1 fully saturated rings. The third kappa shape index (κ3) is 2.22. The molecule has 3 heteroatoms. The van der Waals surface area contributed by atoms with Gasteiger partial charge in [-0.1, -0.05) is 12.8 Å². The molecule has 0 unspecified atom stereocenters. The lowest BCUT2D eigenvalue weighted by atomic mass is 10.0. The van der Waals surface area contributed by atoms with Crippen molar-refractivity contribution in [2.24, 2.45) is 0 Å². The van der Waals surface area contributed by atoms with Gasteiger partial charge in [0.15, 0.2) is 0 Å². The number of nitrogen functional groups attached to an aromatic ring is 1. The number of nitrogens with one attached hydrogen (secondary N) is 1. The number of anilines is 2. The van der Waals surface area contributed by atoms with E-state index in [9.17, 15) is 0 Å². The van der Waals surface area contributed by atoms with Gasteiger partial charge in [-0.25, -0.2) is 4.98 Å². The van der Waals surface area contributed by atoms with Gasteiger partial charge in [0, 0.05) is 11.7 Å². The molecule has 0 amide bonds. The molecule has 1 heterocycles. The van der Waals surface area contributed by atoms with E-state index in [4.69, 9.17) is 5.73 Å². The average molecular weight is 205 g/mol. The van der Waals surface area contributed by atoms with Crippen molar-refractivity contribution >= 4 is 11.5 Å². The highest BCUT2D eigenvalue weighted by Crippen LogP contribution is 2.33. The first-order valence-electron chi connectivity index (χ1n) is 5.59. The third-order valence-electron chi connectivity index (χ3n) is 3.18. The van der Waals surface area contributed by atoms with Gasteiger partial charge in [-0.2, -0.15) is 0 Å². The maximum Gasteiger partial charge on any atom is 0.149 e. The molecule has 0 aliphatic heterocycles. The molecule has 0 atom stereocenters. The molecule has 3 N–H and O–H groups in total. The highest BCUT2D eigenvalue weighted by atomic mass is 15.1. The zero-order valence-corrected chi connectivity index (χ0v) is 9.51. The van der Waals surface area contributed by atoms with E-state index < -0.39 is 0 Å². The number of pyridine rings is 1. The monoisotopic (exact) mass is 205 g/mol. The van der Waals surface area contributed by atoms with E-state index in [2.05, 4.69) is 17.2 Å². The lowest BCUT2D eigenvalue weighted by molar-refractivity contribution is 0.531. The molecule has 2 rings (SSSR count). The van der Waals surface area contributed by atoms with Crippen molar-refractivity contribution in [2.75, 3.05) is 11.1 Å². The normalized spacial score (nSPS) is 19.1. The molecule has 1 aliphatic carbocycles. The van der Waals surface area contributed by atoms with Gasteiger partial charge in [0.25, 0.3) is 0 Å². The lowest BCUT2D eigenvalue weighted by Crippen LogP contribution is -2.31. The van der Waals surface area contributed by atoms with Gasteiger partial charge in [0.05, 0.1) is 5.69 Å². The van der Waals surface area contributed by atoms with Crippen LogP contribution >= 0.6 is 0 Å². The van der Waals surface area contributed by atoms with Gasteiger partial charge < -0.3 is 11.1 Å². The molecule has 0 aromatic carbocycles. The second kappa shape index (κ2) is 3.72. The maximum atomic E-state index is 5.93. The van der Waals surface area contributed by atoms with Crippen LogP contribution in [-0.2, 0) is 0 Å². The van der Waals surface area contributed by atoms with E-state index in [1.807, 2.05) is 19.2 Å². The Labute approximate surface area is 91.1 Å². The Hall–Kier alpha value is -1.25. The Morgan fingerprint density at radius 3 is 2.67 bits per heavy atom. The van der Waals surface area contributed by atoms with E-state index >= 15 is 0 Å². The van der Waals surface area contributed by atoms with E-state index in [0.717, 1.165) is 17.1 Å². The van der Waals surface area contributed by atoms with Gasteiger partial charge in [0.2, 0.25) is 0 Å². The first kappa shape index (κ1) is 10.3. The summed E-state index contributed by atoms with van der Waals surface area (Å²) >= 11 is 0. The minimum atomic E-state index is 0.191. The van der Waals surface area contributed by atoms with E-state index in [0.29, 0.717) is 0 Å². The zero-order valence-electron chi connectivity index (χ0n) is 9.51. The maximum absolute atomic E-state index is 5.93. The van der Waals surface area contributed by atoms with Crippen molar-refractivity contribution < 1.29 is 0 Å². The van der Waals surface area contributed by atoms with Crippen LogP contribution in [0.25, 0.3) is 0 Å². The molecule has 0 saturated heterocycles. The van der Waals surface area contributed by atoms with Crippen LogP contribution in [0.3, 0.4) is 0 Å². The van der Waals surface area contributed by atoms with Crippen LogP contribution in [0.2, 0.25) is 0 Å². The largest absolute Gasteiger partial charge is 0.396 e. The van der Waals surface area contributed by atoms with Crippen molar-refractivity contribution in [1.29, 1.82) is 0 Å². The summed E-state index contributed by atoms with van der Waals surface area (Å²) in [6, 6.07) is 1.97. The molecule has 0 bridgehead atoms. The van der Waals surface area contributed by atoms with Gasteiger partial charge in [-0.15, -0.1) is 0 Å². The molecule has 1 aliphatic rings. The van der Waals surface area contributed by atoms with Crippen molar-refractivity contribution in [1.82, 2.24) is 4.98 Å². The lowest BCUT2D eigenvalue weighted by Gasteiger charge is -2.26. The first-order valence-corrected chi connectivity index (χ1v) is 5.59.